The van der Waals surface area contributed by atoms with Gasteiger partial charge in [-0.25, -0.2) is 0 Å². The molecule has 20 heavy (non-hydrogen) atoms. The van der Waals surface area contributed by atoms with Gasteiger partial charge in [0.15, 0.2) is 0 Å². The number of hydrogen-bond donors (Lipinski definition) is 2. The number of likely N-dealkylation sites (N-methyl/N-ethyl adjacent to an activating group) is 1. The molecule has 0 aromatic heterocycles. The molecule has 112 valence electrons. The molecular weight excluding hydrogens is 254 g/mol. The van der Waals surface area contributed by atoms with Crippen LogP contribution in [0.2, 0.25) is 0 Å². The van der Waals surface area contributed by atoms with Crippen molar-refractivity contribution < 1.29 is 9.53 Å². The fraction of sp³-hybridized carbons (Fsp3) is 0.533. The molecule has 0 heterocycles. The minimum Gasteiger partial charge on any atom is -0.492 e. The van der Waals surface area contributed by atoms with Gasteiger partial charge in [0.25, 0.3) is 0 Å². The average Bonchev–Trinajstić information content (AvgIpc) is 2.39. The molecule has 1 aromatic rings. The topological polar surface area (TPSA) is 67.6 Å². The molecule has 1 amide bonds. The van der Waals surface area contributed by atoms with E-state index in [1.54, 1.807) is 0 Å². The molecule has 1 aromatic carbocycles. The predicted molar refractivity (Wildman–Crippen MR) is 81.9 cm³/mol. The van der Waals surface area contributed by atoms with E-state index in [1.807, 2.05) is 52.2 Å². The third-order valence-corrected chi connectivity index (χ3v) is 2.95. The fourth-order valence-electron chi connectivity index (χ4n) is 1.51. The van der Waals surface area contributed by atoms with Gasteiger partial charge >= 0.3 is 0 Å². The van der Waals surface area contributed by atoms with Crippen molar-refractivity contribution in [3.05, 3.63) is 24.3 Å². The summed E-state index contributed by atoms with van der Waals surface area (Å²) in [5.74, 6) is 0.739. The Balaban J connectivity index is 2.48. The van der Waals surface area contributed by atoms with Gasteiger partial charge in [0.05, 0.1) is 6.04 Å². The molecule has 5 nitrogen and oxygen atoms in total. The molecule has 0 unspecified atom stereocenters. The Hall–Kier alpha value is -1.59. The second kappa shape index (κ2) is 7.87. The van der Waals surface area contributed by atoms with Gasteiger partial charge < -0.3 is 20.7 Å². The highest BCUT2D eigenvalue weighted by Crippen LogP contribution is 2.16. The molecule has 1 rings (SSSR count). The van der Waals surface area contributed by atoms with Crippen molar-refractivity contribution in [3.63, 3.8) is 0 Å². The summed E-state index contributed by atoms with van der Waals surface area (Å²) in [7, 11) is 4.00. The maximum atomic E-state index is 11.8. The van der Waals surface area contributed by atoms with E-state index in [2.05, 4.69) is 10.2 Å². The van der Waals surface area contributed by atoms with Crippen molar-refractivity contribution in [2.24, 2.45) is 11.7 Å². The first-order valence-corrected chi connectivity index (χ1v) is 6.84. The van der Waals surface area contributed by atoms with Crippen LogP contribution in [0.25, 0.3) is 0 Å². The molecule has 0 bridgehead atoms. The van der Waals surface area contributed by atoms with Crippen LogP contribution in [0.15, 0.2) is 24.3 Å². The minimum absolute atomic E-state index is 0.114. The molecule has 0 saturated heterocycles. The van der Waals surface area contributed by atoms with Crippen LogP contribution in [-0.2, 0) is 4.79 Å². The van der Waals surface area contributed by atoms with Gasteiger partial charge in [0.2, 0.25) is 5.91 Å². The number of carbonyl (C=O) groups excluding carboxylic acids is 1. The third kappa shape index (κ3) is 5.59. The van der Waals surface area contributed by atoms with E-state index >= 15 is 0 Å². The second-order valence-corrected chi connectivity index (χ2v) is 5.44. The lowest BCUT2D eigenvalue weighted by molar-refractivity contribution is -0.118. The van der Waals surface area contributed by atoms with Gasteiger partial charge in [0, 0.05) is 12.2 Å². The molecule has 0 radical (unpaired) electrons. The minimum atomic E-state index is -0.494. The first-order valence-electron chi connectivity index (χ1n) is 6.84. The van der Waals surface area contributed by atoms with Crippen LogP contribution in [-0.4, -0.2) is 44.1 Å². The van der Waals surface area contributed by atoms with E-state index in [9.17, 15) is 4.79 Å². The molecule has 0 spiro atoms. The van der Waals surface area contributed by atoms with Gasteiger partial charge in [-0.15, -0.1) is 0 Å². The Morgan fingerprint density at radius 3 is 2.40 bits per heavy atom. The average molecular weight is 279 g/mol. The number of benzene rings is 1. The zero-order chi connectivity index (χ0) is 15.1. The maximum Gasteiger partial charge on any atom is 0.241 e. The van der Waals surface area contributed by atoms with Crippen LogP contribution in [0, 0.1) is 5.92 Å². The molecule has 1 atom stereocenters. The normalized spacial score (nSPS) is 12.6. The first kappa shape index (κ1) is 16.5. The van der Waals surface area contributed by atoms with Gasteiger partial charge in [-0.05, 0) is 44.3 Å². The lowest BCUT2D eigenvalue weighted by atomic mass is 10.1. The van der Waals surface area contributed by atoms with Crippen LogP contribution in [0.5, 0.6) is 5.75 Å². The number of amides is 1. The Labute approximate surface area is 121 Å². The van der Waals surface area contributed by atoms with Crippen LogP contribution in [0.1, 0.15) is 13.8 Å². The standard InChI is InChI=1S/C15H25N3O2/c1-11(2)14(16)15(19)17-12-5-7-13(8-6-12)20-10-9-18(3)4/h5-8,11,14H,9-10,16H2,1-4H3,(H,17,19)/t14-/m0/s1. The lowest BCUT2D eigenvalue weighted by Crippen LogP contribution is -2.39. The van der Waals surface area contributed by atoms with E-state index in [-0.39, 0.29) is 11.8 Å². The summed E-state index contributed by atoms with van der Waals surface area (Å²) in [6, 6.07) is 6.82. The van der Waals surface area contributed by atoms with Crippen molar-refractivity contribution in [2.75, 3.05) is 32.6 Å². The summed E-state index contributed by atoms with van der Waals surface area (Å²) in [5, 5.41) is 2.80. The Morgan fingerprint density at radius 2 is 1.90 bits per heavy atom. The van der Waals surface area contributed by atoms with Crippen LogP contribution in [0.3, 0.4) is 0 Å². The van der Waals surface area contributed by atoms with E-state index in [4.69, 9.17) is 10.5 Å². The summed E-state index contributed by atoms with van der Waals surface area (Å²) in [6.07, 6.45) is 0. The SMILES string of the molecule is CC(C)[C@H](N)C(=O)Nc1ccc(OCCN(C)C)cc1. The summed E-state index contributed by atoms with van der Waals surface area (Å²) in [6.45, 7) is 5.34. The largest absolute Gasteiger partial charge is 0.492 e. The fourth-order valence-corrected chi connectivity index (χ4v) is 1.51. The van der Waals surface area contributed by atoms with Crippen LogP contribution < -0.4 is 15.8 Å². The maximum absolute atomic E-state index is 11.8. The lowest BCUT2D eigenvalue weighted by Gasteiger charge is -2.15. The van der Waals surface area contributed by atoms with Gasteiger partial charge in [-0.3, -0.25) is 4.79 Å². The Bertz CT molecular complexity index is 416. The van der Waals surface area contributed by atoms with E-state index in [0.29, 0.717) is 6.61 Å². The smallest absolute Gasteiger partial charge is 0.241 e. The van der Waals surface area contributed by atoms with Gasteiger partial charge in [-0.1, -0.05) is 13.8 Å². The third-order valence-electron chi connectivity index (χ3n) is 2.95. The van der Waals surface area contributed by atoms with Gasteiger partial charge in [0.1, 0.15) is 12.4 Å². The summed E-state index contributed by atoms with van der Waals surface area (Å²) in [4.78, 5) is 13.9. The summed E-state index contributed by atoms with van der Waals surface area (Å²) < 4.78 is 5.58. The number of rotatable bonds is 7. The highest BCUT2D eigenvalue weighted by atomic mass is 16.5. The summed E-state index contributed by atoms with van der Waals surface area (Å²) in [5.41, 5.74) is 6.52. The number of ether oxygens (including phenoxy) is 1. The summed E-state index contributed by atoms with van der Waals surface area (Å²) >= 11 is 0. The molecule has 0 fully saturated rings. The van der Waals surface area contributed by atoms with Crippen molar-refractivity contribution in [3.8, 4) is 5.75 Å². The quantitative estimate of drug-likeness (QED) is 0.794. The van der Waals surface area contributed by atoms with Crippen molar-refractivity contribution in [2.45, 2.75) is 19.9 Å². The number of nitrogens with two attached hydrogens (primary N) is 1. The van der Waals surface area contributed by atoms with E-state index < -0.39 is 6.04 Å². The monoisotopic (exact) mass is 279 g/mol. The Morgan fingerprint density at radius 1 is 1.30 bits per heavy atom. The molecular formula is C15H25N3O2. The van der Waals surface area contributed by atoms with E-state index in [0.717, 1.165) is 18.0 Å². The van der Waals surface area contributed by atoms with Gasteiger partial charge in [-0.2, -0.15) is 0 Å². The molecule has 0 saturated carbocycles. The van der Waals surface area contributed by atoms with Crippen molar-refractivity contribution in [1.82, 2.24) is 4.90 Å². The number of nitrogens with one attached hydrogen (secondary N) is 1. The molecule has 5 heteroatoms. The second-order valence-electron chi connectivity index (χ2n) is 5.44. The highest BCUT2D eigenvalue weighted by Gasteiger charge is 2.16. The zero-order valence-corrected chi connectivity index (χ0v) is 12.7. The highest BCUT2D eigenvalue weighted by molar-refractivity contribution is 5.94. The van der Waals surface area contributed by atoms with Crippen LogP contribution in [0.4, 0.5) is 5.69 Å². The molecule has 0 aliphatic carbocycles. The number of anilines is 1. The zero-order valence-electron chi connectivity index (χ0n) is 12.7. The predicted octanol–water partition coefficient (Wildman–Crippen LogP) is 1.55. The first-order chi connectivity index (χ1) is 9.40. The molecule has 0 aliphatic heterocycles. The van der Waals surface area contributed by atoms with Crippen molar-refractivity contribution in [1.29, 1.82) is 0 Å². The Kier molecular flexibility index (Phi) is 6.48. The number of nitrogens with zero attached hydrogens (tertiary/aromatic N) is 1. The van der Waals surface area contributed by atoms with E-state index in [1.165, 1.54) is 0 Å². The number of carbonyl (C=O) groups is 1. The van der Waals surface area contributed by atoms with Crippen LogP contribution >= 0.6 is 0 Å². The molecule has 0 aliphatic rings. The number of hydrogen-bond acceptors (Lipinski definition) is 4. The van der Waals surface area contributed by atoms with Crippen molar-refractivity contribution >= 4 is 11.6 Å². The molecule has 3 N–H and O–H groups in total.